The van der Waals surface area contributed by atoms with E-state index in [-0.39, 0.29) is 5.91 Å². The van der Waals surface area contributed by atoms with Crippen molar-refractivity contribution >= 4 is 35.0 Å². The number of carboxylic acid groups (broad SMARTS) is 1. The maximum Gasteiger partial charge on any atom is 0.311 e. The zero-order valence-corrected chi connectivity index (χ0v) is 13.8. The molecule has 0 aliphatic carbocycles. The van der Waals surface area contributed by atoms with E-state index in [0.717, 1.165) is 12.2 Å². The van der Waals surface area contributed by atoms with Crippen molar-refractivity contribution in [1.29, 1.82) is 0 Å². The number of thioether (sulfide) groups is 1. The van der Waals surface area contributed by atoms with Crippen LogP contribution < -0.4 is 0 Å². The van der Waals surface area contributed by atoms with Crippen molar-refractivity contribution in [1.82, 2.24) is 4.90 Å². The molecule has 1 aliphatic heterocycles. The molecule has 0 bridgehead atoms. The zero-order valence-electron chi connectivity index (χ0n) is 12.2. The van der Waals surface area contributed by atoms with Gasteiger partial charge in [-0.25, -0.2) is 0 Å². The molecule has 2 rings (SSSR count). The molecule has 1 aromatic heterocycles. The summed E-state index contributed by atoms with van der Waals surface area (Å²) in [5.41, 5.74) is -0.719. The molecule has 4 nitrogen and oxygen atoms in total. The fraction of sp³-hybridized carbons (Fsp3) is 0.600. The van der Waals surface area contributed by atoms with Gasteiger partial charge in [-0.1, -0.05) is 19.4 Å². The highest BCUT2D eigenvalue weighted by molar-refractivity contribution is 7.99. The molecule has 0 radical (unpaired) electrons. The summed E-state index contributed by atoms with van der Waals surface area (Å²) in [5, 5.41) is 11.5. The number of carbonyl (C=O) groups excluding carboxylic acids is 1. The molecule has 1 amide bonds. The molecule has 1 N–H and O–H groups in total. The quantitative estimate of drug-likeness (QED) is 0.836. The van der Waals surface area contributed by atoms with Gasteiger partial charge >= 0.3 is 5.97 Å². The molecule has 1 unspecified atom stereocenters. The minimum Gasteiger partial charge on any atom is -0.481 e. The Labute approximate surface area is 133 Å². The van der Waals surface area contributed by atoms with Gasteiger partial charge in [0.25, 0.3) is 0 Å². The van der Waals surface area contributed by atoms with Gasteiger partial charge in [0.1, 0.15) is 0 Å². The summed E-state index contributed by atoms with van der Waals surface area (Å²) in [5.74, 6) is 0.581. The second-order valence-electron chi connectivity index (χ2n) is 5.47. The molecule has 1 fully saturated rings. The summed E-state index contributed by atoms with van der Waals surface area (Å²) in [6, 6.07) is 4.07. The Balaban J connectivity index is 1.82. The second kappa shape index (κ2) is 7.31. The molecule has 1 aliphatic rings. The minimum absolute atomic E-state index is 0.0655. The minimum atomic E-state index is -0.758. The highest BCUT2D eigenvalue weighted by Gasteiger charge is 2.45. The van der Waals surface area contributed by atoms with Gasteiger partial charge in [-0.05, 0) is 24.3 Å². The van der Waals surface area contributed by atoms with Crippen LogP contribution in [0.4, 0.5) is 0 Å². The topological polar surface area (TPSA) is 57.6 Å². The van der Waals surface area contributed by atoms with Crippen LogP contribution in [-0.2, 0) is 15.3 Å². The van der Waals surface area contributed by atoms with Gasteiger partial charge in [0, 0.05) is 23.7 Å². The number of nitrogens with zero attached hydrogens (tertiary/aromatic N) is 1. The molecule has 0 saturated carbocycles. The maximum atomic E-state index is 12.2. The predicted octanol–water partition coefficient (Wildman–Crippen LogP) is 3.08. The molecule has 0 spiro atoms. The van der Waals surface area contributed by atoms with E-state index in [1.807, 2.05) is 18.4 Å². The number of carboxylic acids is 1. The van der Waals surface area contributed by atoms with Crippen molar-refractivity contribution in [3.8, 4) is 0 Å². The average molecular weight is 327 g/mol. The van der Waals surface area contributed by atoms with Gasteiger partial charge in [0.2, 0.25) is 5.91 Å². The van der Waals surface area contributed by atoms with Gasteiger partial charge in [-0.3, -0.25) is 9.59 Å². The van der Waals surface area contributed by atoms with E-state index in [2.05, 4.69) is 6.07 Å². The third kappa shape index (κ3) is 4.01. The summed E-state index contributed by atoms with van der Waals surface area (Å²) in [6.45, 7) is 2.94. The molecule has 1 saturated heterocycles. The predicted molar refractivity (Wildman–Crippen MR) is 86.7 cm³/mol. The Bertz CT molecular complexity index is 489. The van der Waals surface area contributed by atoms with Crippen LogP contribution in [0.15, 0.2) is 17.5 Å². The van der Waals surface area contributed by atoms with Crippen molar-refractivity contribution in [3.63, 3.8) is 0 Å². The maximum absolute atomic E-state index is 12.2. The van der Waals surface area contributed by atoms with Crippen LogP contribution in [0.5, 0.6) is 0 Å². The van der Waals surface area contributed by atoms with Gasteiger partial charge in [-0.2, -0.15) is 0 Å². The Morgan fingerprint density at radius 2 is 2.33 bits per heavy atom. The first kappa shape index (κ1) is 16.4. The molecular formula is C15H21NO3S2. The number of aliphatic carboxylic acids is 1. The van der Waals surface area contributed by atoms with Crippen molar-refractivity contribution < 1.29 is 14.7 Å². The zero-order chi connectivity index (χ0) is 15.3. The Hall–Kier alpha value is -1.01. The summed E-state index contributed by atoms with van der Waals surface area (Å²) < 4.78 is 0. The molecule has 2 heterocycles. The van der Waals surface area contributed by atoms with Crippen molar-refractivity contribution in [2.24, 2.45) is 5.41 Å². The molecule has 116 valence electrons. The Kier molecular flexibility index (Phi) is 5.70. The second-order valence-corrected chi connectivity index (χ2v) is 7.49. The van der Waals surface area contributed by atoms with Crippen LogP contribution in [0.1, 0.15) is 31.1 Å². The largest absolute Gasteiger partial charge is 0.481 e. The number of hydrogen-bond acceptors (Lipinski definition) is 4. The summed E-state index contributed by atoms with van der Waals surface area (Å²) in [4.78, 5) is 26.7. The SMILES string of the molecule is CCCC1(C(=O)O)CCN(C(=O)CSCc2cccs2)C1. The van der Waals surface area contributed by atoms with Crippen LogP contribution in [0.2, 0.25) is 0 Å². The molecular weight excluding hydrogens is 306 g/mol. The number of hydrogen-bond donors (Lipinski definition) is 1. The highest BCUT2D eigenvalue weighted by atomic mass is 32.2. The summed E-state index contributed by atoms with van der Waals surface area (Å²) >= 11 is 3.29. The van der Waals surface area contributed by atoms with Crippen molar-refractivity contribution in [3.05, 3.63) is 22.4 Å². The van der Waals surface area contributed by atoms with Crippen LogP contribution in [0.3, 0.4) is 0 Å². The van der Waals surface area contributed by atoms with Gasteiger partial charge in [0.15, 0.2) is 0 Å². The summed E-state index contributed by atoms with van der Waals surface area (Å²) in [7, 11) is 0. The highest BCUT2D eigenvalue weighted by Crippen LogP contribution is 2.35. The van der Waals surface area contributed by atoms with Crippen molar-refractivity contribution in [2.75, 3.05) is 18.8 Å². The van der Waals surface area contributed by atoms with Crippen molar-refractivity contribution in [2.45, 2.75) is 31.9 Å². The van der Waals surface area contributed by atoms with E-state index < -0.39 is 11.4 Å². The van der Waals surface area contributed by atoms with Gasteiger partial charge in [0.05, 0.1) is 11.2 Å². The first-order chi connectivity index (χ1) is 10.1. The number of amides is 1. The third-order valence-corrected chi connectivity index (χ3v) is 5.96. The van der Waals surface area contributed by atoms with E-state index in [1.165, 1.54) is 4.88 Å². The Morgan fingerprint density at radius 1 is 1.52 bits per heavy atom. The number of rotatable bonds is 7. The van der Waals surface area contributed by atoms with E-state index >= 15 is 0 Å². The van der Waals surface area contributed by atoms with E-state index in [4.69, 9.17) is 0 Å². The van der Waals surface area contributed by atoms with Crippen LogP contribution in [-0.4, -0.2) is 40.7 Å². The van der Waals surface area contributed by atoms with Gasteiger partial charge in [-0.15, -0.1) is 23.1 Å². The van der Waals surface area contributed by atoms with Crippen LogP contribution in [0, 0.1) is 5.41 Å². The number of thiophene rings is 1. The molecule has 21 heavy (non-hydrogen) atoms. The van der Waals surface area contributed by atoms with Crippen LogP contribution in [0.25, 0.3) is 0 Å². The first-order valence-corrected chi connectivity index (χ1v) is 9.22. The average Bonchev–Trinajstić information content (AvgIpc) is 3.09. The smallest absolute Gasteiger partial charge is 0.311 e. The van der Waals surface area contributed by atoms with Gasteiger partial charge < -0.3 is 10.0 Å². The fourth-order valence-electron chi connectivity index (χ4n) is 2.77. The fourth-order valence-corrected chi connectivity index (χ4v) is 4.54. The first-order valence-electron chi connectivity index (χ1n) is 7.19. The van der Waals surface area contributed by atoms with Crippen LogP contribution >= 0.6 is 23.1 Å². The lowest BCUT2D eigenvalue weighted by Crippen LogP contribution is -2.37. The lowest BCUT2D eigenvalue weighted by atomic mass is 9.83. The lowest BCUT2D eigenvalue weighted by molar-refractivity contribution is -0.148. The Morgan fingerprint density at radius 3 is 2.95 bits per heavy atom. The third-order valence-electron chi connectivity index (χ3n) is 3.94. The van der Waals surface area contributed by atoms with E-state index in [9.17, 15) is 14.7 Å². The number of likely N-dealkylation sites (tertiary alicyclic amines) is 1. The normalized spacial score (nSPS) is 21.7. The molecule has 1 aromatic rings. The van der Waals surface area contributed by atoms with E-state index in [0.29, 0.717) is 31.7 Å². The summed E-state index contributed by atoms with van der Waals surface area (Å²) in [6.07, 6.45) is 2.06. The number of carbonyl (C=O) groups is 2. The lowest BCUT2D eigenvalue weighted by Gasteiger charge is -2.24. The molecule has 1 atom stereocenters. The standard InChI is InChI=1S/C15H21NO3S2/c1-2-5-15(14(18)19)6-7-16(11-15)13(17)10-20-9-12-4-3-8-21-12/h3-4,8H,2,5-7,9-11H2,1H3,(H,18,19). The molecule has 0 aromatic carbocycles. The molecule has 6 heteroatoms. The monoisotopic (exact) mass is 327 g/mol. The van der Waals surface area contributed by atoms with E-state index in [1.54, 1.807) is 28.0 Å².